The number of hydrogen-bond acceptors (Lipinski definition) is 2. The highest BCUT2D eigenvalue weighted by molar-refractivity contribution is 9.10. The van der Waals surface area contributed by atoms with Crippen LogP contribution in [0.25, 0.3) is 0 Å². The summed E-state index contributed by atoms with van der Waals surface area (Å²) < 4.78 is 13.5. The average molecular weight is 261 g/mol. The van der Waals surface area contributed by atoms with Crippen molar-refractivity contribution in [2.75, 3.05) is 0 Å². The van der Waals surface area contributed by atoms with E-state index in [0.29, 0.717) is 11.1 Å². The molecule has 0 atom stereocenters. The van der Waals surface area contributed by atoms with Gasteiger partial charge in [0.05, 0.1) is 4.47 Å². The van der Waals surface area contributed by atoms with Gasteiger partial charge >= 0.3 is 0 Å². The second-order valence-corrected chi connectivity index (χ2v) is 4.03. The smallest absolute Gasteiger partial charge is 0.134 e. The number of aromatic hydroxyl groups is 1. The standard InChI is InChI=1S/C10H10BrFO2/c1-5(13)3-7-6(2)9(12)4-8(11)10(7)14/h4,14H,3H2,1-2H3. The lowest BCUT2D eigenvalue weighted by Crippen LogP contribution is -2.01. The molecule has 0 spiro atoms. The summed E-state index contributed by atoms with van der Waals surface area (Å²) in [6, 6.07) is 1.19. The van der Waals surface area contributed by atoms with Gasteiger partial charge in [0.15, 0.2) is 0 Å². The molecule has 1 aromatic carbocycles. The first-order chi connectivity index (χ1) is 6.43. The second kappa shape index (κ2) is 4.09. The first kappa shape index (κ1) is 11.2. The van der Waals surface area contributed by atoms with Crippen molar-refractivity contribution in [3.8, 4) is 5.75 Å². The van der Waals surface area contributed by atoms with Gasteiger partial charge in [0, 0.05) is 12.0 Å². The molecule has 0 unspecified atom stereocenters. The predicted molar refractivity (Wildman–Crippen MR) is 54.9 cm³/mol. The zero-order valence-corrected chi connectivity index (χ0v) is 9.48. The maximum Gasteiger partial charge on any atom is 0.134 e. The number of phenolic OH excluding ortho intramolecular Hbond substituents is 1. The monoisotopic (exact) mass is 260 g/mol. The van der Waals surface area contributed by atoms with Crippen LogP contribution in [0, 0.1) is 12.7 Å². The molecule has 0 aliphatic carbocycles. The Morgan fingerprint density at radius 2 is 2.21 bits per heavy atom. The molecule has 1 rings (SSSR count). The predicted octanol–water partition coefficient (Wildman–Crippen LogP) is 2.73. The van der Waals surface area contributed by atoms with E-state index in [1.807, 2.05) is 0 Å². The van der Waals surface area contributed by atoms with Crippen molar-refractivity contribution in [3.63, 3.8) is 0 Å². The van der Waals surface area contributed by atoms with Crippen molar-refractivity contribution >= 4 is 21.7 Å². The van der Waals surface area contributed by atoms with Crippen molar-refractivity contribution in [3.05, 3.63) is 27.5 Å². The van der Waals surface area contributed by atoms with Crippen LogP contribution in [0.2, 0.25) is 0 Å². The van der Waals surface area contributed by atoms with Gasteiger partial charge in [-0.15, -0.1) is 0 Å². The Balaban J connectivity index is 3.31. The maximum atomic E-state index is 13.2. The van der Waals surface area contributed by atoms with Gasteiger partial charge in [0.25, 0.3) is 0 Å². The van der Waals surface area contributed by atoms with Gasteiger partial charge < -0.3 is 5.11 Å². The number of carbonyl (C=O) groups excluding carboxylic acids is 1. The summed E-state index contributed by atoms with van der Waals surface area (Å²) in [6.07, 6.45) is 0.0496. The molecule has 76 valence electrons. The van der Waals surface area contributed by atoms with E-state index in [9.17, 15) is 14.3 Å². The van der Waals surface area contributed by atoms with E-state index in [-0.39, 0.29) is 22.4 Å². The Morgan fingerprint density at radius 1 is 1.64 bits per heavy atom. The van der Waals surface area contributed by atoms with Gasteiger partial charge in [0.2, 0.25) is 0 Å². The summed E-state index contributed by atoms with van der Waals surface area (Å²) in [4.78, 5) is 10.9. The number of rotatable bonds is 2. The molecule has 0 fully saturated rings. The Kier molecular flexibility index (Phi) is 3.26. The van der Waals surface area contributed by atoms with E-state index in [1.165, 1.54) is 13.0 Å². The summed E-state index contributed by atoms with van der Waals surface area (Å²) in [5, 5.41) is 9.59. The van der Waals surface area contributed by atoms with Crippen LogP contribution >= 0.6 is 15.9 Å². The third-order valence-electron chi connectivity index (χ3n) is 2.00. The molecule has 0 amide bonds. The van der Waals surface area contributed by atoms with Crippen LogP contribution in [0.5, 0.6) is 5.75 Å². The van der Waals surface area contributed by atoms with Gasteiger partial charge in [-0.05, 0) is 41.4 Å². The quantitative estimate of drug-likeness (QED) is 0.888. The summed E-state index contributed by atoms with van der Waals surface area (Å²) >= 11 is 3.02. The Labute approximate surface area is 89.9 Å². The van der Waals surface area contributed by atoms with Crippen molar-refractivity contribution in [2.24, 2.45) is 0 Å². The Morgan fingerprint density at radius 3 is 2.71 bits per heavy atom. The number of ketones is 1. The fraction of sp³-hybridized carbons (Fsp3) is 0.300. The molecular formula is C10H10BrFO2. The number of carbonyl (C=O) groups is 1. The average Bonchev–Trinajstić information content (AvgIpc) is 2.09. The van der Waals surface area contributed by atoms with Crippen LogP contribution < -0.4 is 0 Å². The number of benzene rings is 1. The molecule has 14 heavy (non-hydrogen) atoms. The van der Waals surface area contributed by atoms with Gasteiger partial charge in [-0.1, -0.05) is 0 Å². The molecule has 1 N–H and O–H groups in total. The van der Waals surface area contributed by atoms with E-state index in [4.69, 9.17) is 0 Å². The highest BCUT2D eigenvalue weighted by atomic mass is 79.9. The topological polar surface area (TPSA) is 37.3 Å². The highest BCUT2D eigenvalue weighted by Gasteiger charge is 2.14. The maximum absolute atomic E-state index is 13.2. The molecule has 0 aliphatic heterocycles. The van der Waals surface area contributed by atoms with Crippen LogP contribution in [-0.2, 0) is 11.2 Å². The van der Waals surface area contributed by atoms with Crippen molar-refractivity contribution in [2.45, 2.75) is 20.3 Å². The van der Waals surface area contributed by atoms with Crippen molar-refractivity contribution in [1.29, 1.82) is 0 Å². The van der Waals surface area contributed by atoms with E-state index in [0.717, 1.165) is 0 Å². The van der Waals surface area contributed by atoms with Gasteiger partial charge in [-0.2, -0.15) is 0 Å². The Hall–Kier alpha value is -0.900. The number of halogens is 2. The molecule has 0 radical (unpaired) electrons. The zero-order valence-electron chi connectivity index (χ0n) is 7.90. The first-order valence-electron chi connectivity index (χ1n) is 4.09. The fourth-order valence-corrected chi connectivity index (χ4v) is 1.66. The van der Waals surface area contributed by atoms with Crippen LogP contribution in [0.3, 0.4) is 0 Å². The largest absolute Gasteiger partial charge is 0.506 e. The third-order valence-corrected chi connectivity index (χ3v) is 2.61. The normalized spacial score (nSPS) is 10.3. The molecule has 0 saturated heterocycles. The molecule has 0 aromatic heterocycles. The minimum atomic E-state index is -0.425. The Bertz CT molecular complexity index is 362. The SMILES string of the molecule is CC(=O)Cc1c(C)c(F)cc(Br)c1O. The highest BCUT2D eigenvalue weighted by Crippen LogP contribution is 2.32. The number of Topliss-reactive ketones (excluding diaryl/α,β-unsaturated/α-hetero) is 1. The summed E-state index contributed by atoms with van der Waals surface area (Å²) in [7, 11) is 0. The minimum Gasteiger partial charge on any atom is -0.506 e. The van der Waals surface area contributed by atoms with Gasteiger partial charge in [-0.3, -0.25) is 4.79 Å². The summed E-state index contributed by atoms with van der Waals surface area (Å²) in [5.41, 5.74) is 0.672. The van der Waals surface area contributed by atoms with Crippen molar-refractivity contribution < 1.29 is 14.3 Å². The second-order valence-electron chi connectivity index (χ2n) is 3.17. The summed E-state index contributed by atoms with van der Waals surface area (Å²) in [5.74, 6) is -0.592. The van der Waals surface area contributed by atoms with Crippen LogP contribution in [0.15, 0.2) is 10.5 Å². The van der Waals surface area contributed by atoms with E-state index in [2.05, 4.69) is 15.9 Å². The van der Waals surface area contributed by atoms with E-state index >= 15 is 0 Å². The lowest BCUT2D eigenvalue weighted by atomic mass is 10.0. The molecule has 0 bridgehead atoms. The molecule has 1 aromatic rings. The first-order valence-corrected chi connectivity index (χ1v) is 4.88. The minimum absolute atomic E-state index is 0.0496. The summed E-state index contributed by atoms with van der Waals surface area (Å²) in [6.45, 7) is 2.94. The molecule has 0 saturated carbocycles. The zero-order chi connectivity index (χ0) is 10.9. The number of hydrogen-bond donors (Lipinski definition) is 1. The van der Waals surface area contributed by atoms with Gasteiger partial charge in [0.1, 0.15) is 17.3 Å². The lowest BCUT2D eigenvalue weighted by molar-refractivity contribution is -0.116. The molecule has 0 aliphatic rings. The van der Waals surface area contributed by atoms with Crippen molar-refractivity contribution in [1.82, 2.24) is 0 Å². The lowest BCUT2D eigenvalue weighted by Gasteiger charge is -2.09. The van der Waals surface area contributed by atoms with Crippen LogP contribution in [-0.4, -0.2) is 10.9 Å². The third kappa shape index (κ3) is 2.12. The molecule has 2 nitrogen and oxygen atoms in total. The fourth-order valence-electron chi connectivity index (χ4n) is 1.22. The van der Waals surface area contributed by atoms with Crippen LogP contribution in [0.1, 0.15) is 18.1 Å². The molecule has 0 heterocycles. The molecular weight excluding hydrogens is 251 g/mol. The van der Waals surface area contributed by atoms with Gasteiger partial charge in [-0.25, -0.2) is 4.39 Å². The molecule has 4 heteroatoms. The van der Waals surface area contributed by atoms with E-state index < -0.39 is 5.82 Å². The van der Waals surface area contributed by atoms with E-state index in [1.54, 1.807) is 6.92 Å². The van der Waals surface area contributed by atoms with Crippen LogP contribution in [0.4, 0.5) is 4.39 Å². The number of phenols is 1.